The summed E-state index contributed by atoms with van der Waals surface area (Å²) in [6, 6.07) is 20.4. The largest absolute Gasteiger partial charge is 0.340 e. The Morgan fingerprint density at radius 3 is 2.14 bits per heavy atom. The van der Waals surface area contributed by atoms with Crippen molar-refractivity contribution in [2.75, 3.05) is 13.3 Å². The normalized spacial score (nSPS) is 13.4. The molecule has 0 saturated carbocycles. The van der Waals surface area contributed by atoms with E-state index in [2.05, 4.69) is 31.2 Å². The average Bonchev–Trinajstić information content (AvgIpc) is 2.57. The second-order valence-electron chi connectivity index (χ2n) is 5.54. The first-order valence-corrected chi connectivity index (χ1v) is 8.79. The van der Waals surface area contributed by atoms with E-state index in [1.807, 2.05) is 54.6 Å². The predicted molar refractivity (Wildman–Crippen MR) is 95.1 cm³/mol. The smallest absolute Gasteiger partial charge is 0.236 e. The third kappa shape index (κ3) is 4.14. The van der Waals surface area contributed by atoms with Gasteiger partial charge in [0, 0.05) is 19.5 Å². The van der Waals surface area contributed by atoms with E-state index in [1.54, 1.807) is 11.8 Å². The Hall–Kier alpha value is -1.74. The summed E-state index contributed by atoms with van der Waals surface area (Å²) in [5.74, 6) is 0.384. The molecular formula is C19H23NOS. The molecule has 2 nitrogen and oxygen atoms in total. The van der Waals surface area contributed by atoms with Crippen LogP contribution in [0, 0.1) is 0 Å². The summed E-state index contributed by atoms with van der Waals surface area (Å²) >= 11 is 1.63. The molecule has 0 bridgehead atoms. The SMILES string of the molecule is CSC(C(=O)N(C)Cc1ccccc1)C(C)c1ccccc1. The molecule has 116 valence electrons. The number of rotatable bonds is 6. The highest BCUT2D eigenvalue weighted by atomic mass is 32.2. The highest BCUT2D eigenvalue weighted by Gasteiger charge is 2.27. The molecule has 2 aromatic carbocycles. The number of carbonyl (C=O) groups excluding carboxylic acids is 1. The van der Waals surface area contributed by atoms with Gasteiger partial charge in [0.15, 0.2) is 0 Å². The van der Waals surface area contributed by atoms with Gasteiger partial charge in [0.1, 0.15) is 0 Å². The van der Waals surface area contributed by atoms with Gasteiger partial charge in [-0.15, -0.1) is 0 Å². The number of hydrogen-bond acceptors (Lipinski definition) is 2. The monoisotopic (exact) mass is 313 g/mol. The van der Waals surface area contributed by atoms with Crippen molar-refractivity contribution in [1.82, 2.24) is 4.90 Å². The molecule has 2 unspecified atom stereocenters. The molecule has 3 heteroatoms. The van der Waals surface area contributed by atoms with Crippen LogP contribution in [0.15, 0.2) is 60.7 Å². The van der Waals surface area contributed by atoms with E-state index in [9.17, 15) is 4.79 Å². The lowest BCUT2D eigenvalue weighted by molar-refractivity contribution is -0.130. The van der Waals surface area contributed by atoms with Crippen molar-refractivity contribution in [3.05, 3.63) is 71.8 Å². The Morgan fingerprint density at radius 1 is 1.05 bits per heavy atom. The molecular weight excluding hydrogens is 290 g/mol. The van der Waals surface area contributed by atoms with Gasteiger partial charge in [-0.05, 0) is 17.4 Å². The van der Waals surface area contributed by atoms with Crippen LogP contribution in [0.25, 0.3) is 0 Å². The van der Waals surface area contributed by atoms with Gasteiger partial charge in [0.25, 0.3) is 0 Å². The molecule has 2 rings (SSSR count). The molecule has 0 saturated heterocycles. The molecule has 0 aliphatic carbocycles. The molecule has 22 heavy (non-hydrogen) atoms. The lowest BCUT2D eigenvalue weighted by atomic mass is 9.96. The first-order chi connectivity index (χ1) is 10.6. The molecule has 2 aromatic rings. The van der Waals surface area contributed by atoms with Gasteiger partial charge < -0.3 is 4.90 Å². The molecule has 2 atom stereocenters. The van der Waals surface area contributed by atoms with Crippen LogP contribution in [0.2, 0.25) is 0 Å². The van der Waals surface area contributed by atoms with E-state index in [1.165, 1.54) is 5.56 Å². The zero-order valence-corrected chi connectivity index (χ0v) is 14.2. The molecule has 0 N–H and O–H groups in total. The van der Waals surface area contributed by atoms with E-state index in [-0.39, 0.29) is 17.1 Å². The lowest BCUT2D eigenvalue weighted by Crippen LogP contribution is -2.36. The fourth-order valence-electron chi connectivity index (χ4n) is 2.60. The van der Waals surface area contributed by atoms with Crippen LogP contribution in [0.5, 0.6) is 0 Å². The summed E-state index contributed by atoms with van der Waals surface area (Å²) in [5, 5.41) is -0.0592. The maximum absolute atomic E-state index is 12.8. The molecule has 1 amide bonds. The fraction of sp³-hybridized carbons (Fsp3) is 0.316. The average molecular weight is 313 g/mol. The predicted octanol–water partition coefficient (Wildman–Crippen LogP) is 4.18. The Balaban J connectivity index is 2.08. The number of nitrogens with zero attached hydrogens (tertiary/aromatic N) is 1. The van der Waals surface area contributed by atoms with E-state index < -0.39 is 0 Å². The minimum Gasteiger partial charge on any atom is -0.340 e. The van der Waals surface area contributed by atoms with Crippen LogP contribution in [0.1, 0.15) is 24.0 Å². The highest BCUT2D eigenvalue weighted by molar-refractivity contribution is 8.00. The first-order valence-electron chi connectivity index (χ1n) is 7.50. The Kier molecular flexibility index (Phi) is 6.08. The van der Waals surface area contributed by atoms with Crippen molar-refractivity contribution in [2.45, 2.75) is 24.6 Å². The first kappa shape index (κ1) is 16.6. The van der Waals surface area contributed by atoms with Crippen molar-refractivity contribution in [1.29, 1.82) is 0 Å². The summed E-state index contributed by atoms with van der Waals surface area (Å²) in [6.45, 7) is 2.78. The Bertz CT molecular complexity index is 585. The van der Waals surface area contributed by atoms with Crippen LogP contribution in [0.4, 0.5) is 0 Å². The van der Waals surface area contributed by atoms with E-state index in [0.29, 0.717) is 6.54 Å². The van der Waals surface area contributed by atoms with Gasteiger partial charge in [-0.2, -0.15) is 11.8 Å². The fourth-order valence-corrected chi connectivity index (χ4v) is 3.55. The zero-order valence-electron chi connectivity index (χ0n) is 13.4. The van der Waals surface area contributed by atoms with Crippen LogP contribution in [-0.4, -0.2) is 29.4 Å². The summed E-state index contributed by atoms with van der Waals surface area (Å²) in [6.07, 6.45) is 2.01. The van der Waals surface area contributed by atoms with Crippen LogP contribution in [0.3, 0.4) is 0 Å². The number of amides is 1. The molecule has 0 heterocycles. The van der Waals surface area contributed by atoms with Gasteiger partial charge in [0.2, 0.25) is 5.91 Å². The molecule has 0 aliphatic rings. The maximum Gasteiger partial charge on any atom is 0.236 e. The summed E-state index contributed by atoms with van der Waals surface area (Å²) in [7, 11) is 1.89. The molecule has 0 radical (unpaired) electrons. The van der Waals surface area contributed by atoms with Gasteiger partial charge in [0.05, 0.1) is 5.25 Å². The van der Waals surface area contributed by atoms with Gasteiger partial charge in [-0.1, -0.05) is 67.6 Å². The van der Waals surface area contributed by atoms with Crippen molar-refractivity contribution >= 4 is 17.7 Å². The van der Waals surface area contributed by atoms with E-state index in [0.717, 1.165) is 5.56 Å². The van der Waals surface area contributed by atoms with Crippen LogP contribution >= 0.6 is 11.8 Å². The van der Waals surface area contributed by atoms with Crippen LogP contribution < -0.4 is 0 Å². The van der Waals surface area contributed by atoms with E-state index >= 15 is 0 Å². The molecule has 0 fully saturated rings. The van der Waals surface area contributed by atoms with Crippen molar-refractivity contribution in [2.24, 2.45) is 0 Å². The summed E-state index contributed by atoms with van der Waals surface area (Å²) in [5.41, 5.74) is 2.37. The van der Waals surface area contributed by atoms with Crippen molar-refractivity contribution in [3.8, 4) is 0 Å². The maximum atomic E-state index is 12.8. The Morgan fingerprint density at radius 2 is 1.59 bits per heavy atom. The second-order valence-corrected chi connectivity index (χ2v) is 6.51. The summed E-state index contributed by atoms with van der Waals surface area (Å²) < 4.78 is 0. The van der Waals surface area contributed by atoms with E-state index in [4.69, 9.17) is 0 Å². The molecule has 0 aliphatic heterocycles. The Labute approximate surface area is 137 Å². The van der Waals surface area contributed by atoms with Crippen molar-refractivity contribution < 1.29 is 4.79 Å². The second kappa shape index (κ2) is 8.04. The third-order valence-corrected chi connectivity index (χ3v) is 5.03. The van der Waals surface area contributed by atoms with Gasteiger partial charge in [-0.3, -0.25) is 4.79 Å². The standard InChI is InChI=1S/C19H23NOS/c1-15(17-12-8-5-9-13-17)18(22-3)19(21)20(2)14-16-10-6-4-7-11-16/h4-13,15,18H,14H2,1-3H3. The van der Waals surface area contributed by atoms with Gasteiger partial charge >= 0.3 is 0 Å². The quantitative estimate of drug-likeness (QED) is 0.797. The minimum atomic E-state index is -0.0592. The summed E-state index contributed by atoms with van der Waals surface area (Å²) in [4.78, 5) is 14.6. The van der Waals surface area contributed by atoms with Crippen LogP contribution in [-0.2, 0) is 11.3 Å². The molecule has 0 spiro atoms. The minimum absolute atomic E-state index is 0.0592. The zero-order chi connectivity index (χ0) is 15.9. The number of carbonyl (C=O) groups is 1. The van der Waals surface area contributed by atoms with Gasteiger partial charge in [-0.25, -0.2) is 0 Å². The van der Waals surface area contributed by atoms with Crippen molar-refractivity contribution in [3.63, 3.8) is 0 Å². The number of thioether (sulfide) groups is 1. The third-order valence-electron chi connectivity index (χ3n) is 3.92. The molecule has 0 aromatic heterocycles. The number of hydrogen-bond donors (Lipinski definition) is 0. The highest BCUT2D eigenvalue weighted by Crippen LogP contribution is 2.28. The number of benzene rings is 2. The topological polar surface area (TPSA) is 20.3 Å². The lowest BCUT2D eigenvalue weighted by Gasteiger charge is -2.27.